The molecule has 5 nitrogen and oxygen atoms in total. The third kappa shape index (κ3) is 4.54. The van der Waals surface area contributed by atoms with Crippen molar-refractivity contribution in [1.29, 1.82) is 0 Å². The van der Waals surface area contributed by atoms with Crippen molar-refractivity contribution in [3.05, 3.63) is 24.3 Å². The van der Waals surface area contributed by atoms with Crippen molar-refractivity contribution < 1.29 is 13.2 Å². The third-order valence-electron chi connectivity index (χ3n) is 5.31. The molecule has 0 aliphatic carbocycles. The number of benzene rings is 1. The Morgan fingerprint density at radius 2 is 1.68 bits per heavy atom. The van der Waals surface area contributed by atoms with Crippen molar-refractivity contribution in [2.75, 3.05) is 32.8 Å². The second-order valence-electron chi connectivity index (χ2n) is 7.05. The van der Waals surface area contributed by atoms with Crippen molar-refractivity contribution >= 4 is 10.0 Å². The lowest BCUT2D eigenvalue weighted by molar-refractivity contribution is 0.168. The van der Waals surface area contributed by atoms with E-state index < -0.39 is 10.0 Å². The average molecular weight is 367 g/mol. The van der Waals surface area contributed by atoms with Gasteiger partial charge in [-0.3, -0.25) is 0 Å². The Bertz CT molecular complexity index is 631. The Hall–Kier alpha value is -1.11. The van der Waals surface area contributed by atoms with Crippen LogP contribution in [0.5, 0.6) is 5.75 Å². The molecule has 0 aromatic heterocycles. The normalized spacial score (nSPS) is 20.8. The first-order chi connectivity index (χ1) is 12.1. The summed E-state index contributed by atoms with van der Waals surface area (Å²) in [6.45, 7) is 6.39. The van der Waals surface area contributed by atoms with E-state index in [0.717, 1.165) is 31.4 Å². The highest BCUT2D eigenvalue weighted by Gasteiger charge is 2.32. The van der Waals surface area contributed by atoms with Gasteiger partial charge in [0.25, 0.3) is 0 Å². The summed E-state index contributed by atoms with van der Waals surface area (Å²) in [5.74, 6) is 0.736. The number of hydrogen-bond donors (Lipinski definition) is 0. The molecular formula is C19H30N2O3S. The van der Waals surface area contributed by atoms with Crippen LogP contribution in [0.3, 0.4) is 0 Å². The fraction of sp³-hybridized carbons (Fsp3) is 0.684. The van der Waals surface area contributed by atoms with Gasteiger partial charge in [-0.25, -0.2) is 8.42 Å². The molecule has 0 amide bonds. The molecule has 1 aromatic rings. The first kappa shape index (κ1) is 18.7. The summed E-state index contributed by atoms with van der Waals surface area (Å²) >= 11 is 0. The first-order valence-corrected chi connectivity index (χ1v) is 11.0. The largest absolute Gasteiger partial charge is 0.494 e. The number of hydrogen-bond acceptors (Lipinski definition) is 4. The molecule has 0 radical (unpaired) electrons. The zero-order valence-corrected chi connectivity index (χ0v) is 16.0. The number of ether oxygens (including phenoxy) is 1. The lowest BCUT2D eigenvalue weighted by atomic mass is 10.1. The Morgan fingerprint density at radius 3 is 2.28 bits per heavy atom. The number of piperidine rings is 1. The average Bonchev–Trinajstić information content (AvgIpc) is 3.17. The molecule has 0 atom stereocenters. The summed E-state index contributed by atoms with van der Waals surface area (Å²) in [6, 6.07) is 7.43. The molecule has 1 aromatic carbocycles. The van der Waals surface area contributed by atoms with E-state index >= 15 is 0 Å². The van der Waals surface area contributed by atoms with Gasteiger partial charge in [-0.1, -0.05) is 13.3 Å². The molecule has 3 rings (SSSR count). The monoisotopic (exact) mass is 366 g/mol. The predicted molar refractivity (Wildman–Crippen MR) is 99.4 cm³/mol. The maximum Gasteiger partial charge on any atom is 0.243 e. The summed E-state index contributed by atoms with van der Waals surface area (Å²) < 4.78 is 33.0. The Kier molecular flexibility index (Phi) is 6.36. The van der Waals surface area contributed by atoms with Crippen molar-refractivity contribution in [2.24, 2.45) is 0 Å². The second kappa shape index (κ2) is 8.52. The molecule has 0 bridgehead atoms. The van der Waals surface area contributed by atoms with Gasteiger partial charge in [0.2, 0.25) is 10.0 Å². The van der Waals surface area contributed by atoms with Gasteiger partial charge in [0.05, 0.1) is 11.5 Å². The number of unbranched alkanes of at least 4 members (excludes halogenated alkanes) is 1. The van der Waals surface area contributed by atoms with Gasteiger partial charge in [0.15, 0.2) is 0 Å². The van der Waals surface area contributed by atoms with Crippen LogP contribution in [0.2, 0.25) is 0 Å². The van der Waals surface area contributed by atoms with Crippen molar-refractivity contribution in [1.82, 2.24) is 9.21 Å². The maximum absolute atomic E-state index is 12.9. The van der Waals surface area contributed by atoms with Crippen molar-refractivity contribution in [2.45, 2.75) is 56.4 Å². The first-order valence-electron chi connectivity index (χ1n) is 9.58. The molecule has 0 saturated carbocycles. The topological polar surface area (TPSA) is 49.9 Å². The molecule has 2 fully saturated rings. The third-order valence-corrected chi connectivity index (χ3v) is 7.22. The number of likely N-dealkylation sites (tertiary alicyclic amines) is 1. The van der Waals surface area contributed by atoms with Crippen LogP contribution in [0.4, 0.5) is 0 Å². The minimum absolute atomic E-state index is 0.370. The molecule has 0 spiro atoms. The van der Waals surface area contributed by atoms with E-state index in [1.165, 1.54) is 25.9 Å². The Balaban J connectivity index is 1.58. The lowest BCUT2D eigenvalue weighted by Crippen LogP contribution is -2.45. The maximum atomic E-state index is 12.9. The molecule has 2 aliphatic heterocycles. The fourth-order valence-corrected chi connectivity index (χ4v) is 5.22. The molecule has 0 N–H and O–H groups in total. The number of sulfonamides is 1. The van der Waals surface area contributed by atoms with Gasteiger partial charge in [0, 0.05) is 19.1 Å². The van der Waals surface area contributed by atoms with Gasteiger partial charge in [-0.05, 0) is 69.5 Å². The van der Waals surface area contributed by atoms with E-state index in [-0.39, 0.29) is 0 Å². The standard InChI is InChI=1S/C19H30N2O3S/c1-2-3-16-24-18-6-8-19(9-7-18)25(22,23)21-14-10-17(11-15-21)20-12-4-5-13-20/h6-9,17H,2-5,10-16H2,1H3. The van der Waals surface area contributed by atoms with Crippen LogP contribution in [0, 0.1) is 0 Å². The molecule has 25 heavy (non-hydrogen) atoms. The van der Waals surface area contributed by atoms with E-state index in [9.17, 15) is 8.42 Å². The highest BCUT2D eigenvalue weighted by atomic mass is 32.2. The van der Waals surface area contributed by atoms with Crippen LogP contribution in [-0.2, 0) is 10.0 Å². The molecule has 0 unspecified atom stereocenters. The van der Waals surface area contributed by atoms with Crippen LogP contribution in [0.15, 0.2) is 29.2 Å². The molecular weight excluding hydrogens is 336 g/mol. The Labute approximate surface area is 152 Å². The van der Waals surface area contributed by atoms with E-state index in [1.54, 1.807) is 28.6 Å². The predicted octanol–water partition coefficient (Wildman–Crippen LogP) is 3.11. The number of nitrogens with zero attached hydrogens (tertiary/aromatic N) is 2. The van der Waals surface area contributed by atoms with Gasteiger partial charge in [0.1, 0.15) is 5.75 Å². The summed E-state index contributed by atoms with van der Waals surface area (Å²) in [7, 11) is -3.39. The van der Waals surface area contributed by atoms with Crippen LogP contribution >= 0.6 is 0 Å². The lowest BCUT2D eigenvalue weighted by Gasteiger charge is -2.36. The van der Waals surface area contributed by atoms with Crippen LogP contribution in [0.25, 0.3) is 0 Å². The highest BCUT2D eigenvalue weighted by molar-refractivity contribution is 7.89. The van der Waals surface area contributed by atoms with Gasteiger partial charge < -0.3 is 9.64 Å². The van der Waals surface area contributed by atoms with Crippen molar-refractivity contribution in [3.8, 4) is 5.75 Å². The van der Waals surface area contributed by atoms with Crippen LogP contribution in [0.1, 0.15) is 45.4 Å². The van der Waals surface area contributed by atoms with Crippen LogP contribution in [-0.4, -0.2) is 56.5 Å². The fourth-order valence-electron chi connectivity index (χ4n) is 3.75. The molecule has 2 saturated heterocycles. The van der Waals surface area contributed by atoms with Crippen molar-refractivity contribution in [3.63, 3.8) is 0 Å². The number of rotatable bonds is 7. The molecule has 6 heteroatoms. The summed E-state index contributed by atoms with van der Waals surface area (Å²) in [5.41, 5.74) is 0. The van der Waals surface area contributed by atoms with E-state index in [1.807, 2.05) is 0 Å². The van der Waals surface area contributed by atoms with Gasteiger partial charge >= 0.3 is 0 Å². The minimum atomic E-state index is -3.39. The van der Waals surface area contributed by atoms with Gasteiger partial charge in [-0.2, -0.15) is 4.31 Å². The van der Waals surface area contributed by atoms with E-state index in [2.05, 4.69) is 11.8 Å². The molecule has 140 valence electrons. The summed E-state index contributed by atoms with van der Waals surface area (Å²) in [5, 5.41) is 0. The Morgan fingerprint density at radius 1 is 1.04 bits per heavy atom. The molecule has 2 aliphatic rings. The minimum Gasteiger partial charge on any atom is -0.494 e. The summed E-state index contributed by atoms with van der Waals surface area (Å²) in [6.07, 6.45) is 6.54. The zero-order valence-electron chi connectivity index (χ0n) is 15.2. The molecule has 2 heterocycles. The smallest absolute Gasteiger partial charge is 0.243 e. The van der Waals surface area contributed by atoms with E-state index in [0.29, 0.717) is 30.6 Å². The van der Waals surface area contributed by atoms with Gasteiger partial charge in [-0.15, -0.1) is 0 Å². The summed E-state index contributed by atoms with van der Waals surface area (Å²) in [4.78, 5) is 2.90. The zero-order chi connectivity index (χ0) is 17.7. The second-order valence-corrected chi connectivity index (χ2v) is 8.99. The SMILES string of the molecule is CCCCOc1ccc(S(=O)(=O)N2CCC(N3CCCC3)CC2)cc1. The van der Waals surface area contributed by atoms with E-state index in [4.69, 9.17) is 4.74 Å². The highest BCUT2D eigenvalue weighted by Crippen LogP contribution is 2.26. The quantitative estimate of drug-likeness (QED) is 0.696. The van der Waals surface area contributed by atoms with Crippen LogP contribution < -0.4 is 4.74 Å².